The van der Waals surface area contributed by atoms with Crippen LogP contribution in [0.15, 0.2) is 58.4 Å². The van der Waals surface area contributed by atoms with Crippen molar-refractivity contribution in [3.05, 3.63) is 86.5 Å². The number of rotatable bonds is 6. The zero-order chi connectivity index (χ0) is 23.0. The van der Waals surface area contributed by atoms with E-state index in [1.165, 1.54) is 29.6 Å². The van der Waals surface area contributed by atoms with Crippen LogP contribution in [0, 0.1) is 13.8 Å². The molecular weight excluding hydrogens is 432 g/mol. The molecule has 1 aliphatic rings. The molecule has 0 saturated carbocycles. The number of aryl methyl sites for hydroxylation is 2. The zero-order valence-electron chi connectivity index (χ0n) is 17.6. The fourth-order valence-electron chi connectivity index (χ4n) is 3.75. The molecule has 164 valence electrons. The smallest absolute Gasteiger partial charge is 0.337 e. The van der Waals surface area contributed by atoms with Crippen LogP contribution in [0.25, 0.3) is 0 Å². The van der Waals surface area contributed by atoms with Gasteiger partial charge in [-0.25, -0.2) is 9.78 Å². The summed E-state index contributed by atoms with van der Waals surface area (Å²) >= 11 is 1.21. The summed E-state index contributed by atoms with van der Waals surface area (Å²) in [5, 5.41) is 11.5. The standard InChI is InChI=1S/C23H20N2O6S/c1-12-21(32-13(2)24-12)19(26)17-18(14-6-8-15(9-7-14)23(29)30-3)25(22(28)20(17)27)11-16-5-4-10-31-16/h4-10,18,27H,11H2,1-3H3. The van der Waals surface area contributed by atoms with Gasteiger partial charge in [-0.1, -0.05) is 12.1 Å². The lowest BCUT2D eigenvalue weighted by Crippen LogP contribution is -2.30. The van der Waals surface area contributed by atoms with Crippen LogP contribution in [0.2, 0.25) is 0 Å². The predicted molar refractivity (Wildman–Crippen MR) is 115 cm³/mol. The minimum absolute atomic E-state index is 0.0286. The third-order valence-electron chi connectivity index (χ3n) is 5.21. The van der Waals surface area contributed by atoms with E-state index in [0.717, 1.165) is 0 Å². The van der Waals surface area contributed by atoms with E-state index >= 15 is 0 Å². The molecule has 0 saturated heterocycles. The average molecular weight is 452 g/mol. The van der Waals surface area contributed by atoms with E-state index in [9.17, 15) is 19.5 Å². The molecule has 0 radical (unpaired) electrons. The van der Waals surface area contributed by atoms with Crippen molar-refractivity contribution in [2.24, 2.45) is 0 Å². The highest BCUT2D eigenvalue weighted by molar-refractivity contribution is 7.14. The summed E-state index contributed by atoms with van der Waals surface area (Å²) in [5.41, 5.74) is 1.39. The minimum Gasteiger partial charge on any atom is -0.503 e. The Labute approximate surface area is 187 Å². The first-order chi connectivity index (χ1) is 15.3. The molecule has 9 heteroatoms. The molecule has 0 aliphatic carbocycles. The van der Waals surface area contributed by atoms with Gasteiger partial charge < -0.3 is 19.2 Å². The van der Waals surface area contributed by atoms with E-state index in [1.807, 2.05) is 0 Å². The Bertz CT molecular complexity index is 1220. The van der Waals surface area contributed by atoms with Crippen LogP contribution in [0.4, 0.5) is 0 Å². The normalized spacial score (nSPS) is 16.0. The van der Waals surface area contributed by atoms with Crippen LogP contribution in [0.3, 0.4) is 0 Å². The average Bonchev–Trinajstić information content (AvgIpc) is 3.48. The van der Waals surface area contributed by atoms with Crippen LogP contribution in [0.1, 0.15) is 48.1 Å². The quantitative estimate of drug-likeness (QED) is 0.446. The number of nitrogens with zero attached hydrogens (tertiary/aromatic N) is 2. The van der Waals surface area contributed by atoms with Gasteiger partial charge in [0.2, 0.25) is 5.78 Å². The van der Waals surface area contributed by atoms with Crippen LogP contribution >= 0.6 is 11.3 Å². The molecule has 1 amide bonds. The van der Waals surface area contributed by atoms with E-state index in [2.05, 4.69) is 4.98 Å². The molecule has 8 nitrogen and oxygen atoms in total. The van der Waals surface area contributed by atoms with Crippen molar-refractivity contribution < 1.29 is 28.6 Å². The van der Waals surface area contributed by atoms with E-state index < -0.39 is 29.5 Å². The number of carbonyl (C=O) groups is 3. The van der Waals surface area contributed by atoms with Gasteiger partial charge in [-0.2, -0.15) is 0 Å². The summed E-state index contributed by atoms with van der Waals surface area (Å²) in [4.78, 5) is 44.3. The summed E-state index contributed by atoms with van der Waals surface area (Å²) in [6.45, 7) is 3.55. The monoisotopic (exact) mass is 452 g/mol. The maximum Gasteiger partial charge on any atom is 0.337 e. The molecule has 2 aromatic heterocycles. The third-order valence-corrected chi connectivity index (χ3v) is 6.28. The summed E-state index contributed by atoms with van der Waals surface area (Å²) < 4.78 is 10.1. The van der Waals surface area contributed by atoms with Gasteiger partial charge in [-0.05, 0) is 43.7 Å². The van der Waals surface area contributed by atoms with Gasteiger partial charge in [-0.3, -0.25) is 9.59 Å². The first kappa shape index (κ1) is 21.5. The van der Waals surface area contributed by atoms with E-state index in [4.69, 9.17) is 9.15 Å². The molecule has 0 spiro atoms. The fraction of sp³-hybridized carbons (Fsp3) is 0.217. The van der Waals surface area contributed by atoms with Crippen molar-refractivity contribution in [1.82, 2.24) is 9.88 Å². The Hall–Kier alpha value is -3.72. The number of methoxy groups -OCH3 is 1. The Balaban J connectivity index is 1.80. The molecule has 1 N–H and O–H groups in total. The number of aliphatic hydroxyl groups is 1. The zero-order valence-corrected chi connectivity index (χ0v) is 18.4. The summed E-state index contributed by atoms with van der Waals surface area (Å²) in [6.07, 6.45) is 1.48. The first-order valence-corrected chi connectivity index (χ1v) is 10.6. The van der Waals surface area contributed by atoms with Gasteiger partial charge in [0.1, 0.15) is 5.76 Å². The maximum absolute atomic E-state index is 13.5. The van der Waals surface area contributed by atoms with Crippen LogP contribution in [-0.4, -0.2) is 39.8 Å². The molecule has 1 atom stereocenters. The Morgan fingerprint density at radius 3 is 2.50 bits per heavy atom. The second kappa shape index (κ2) is 8.43. The number of furan rings is 1. The third kappa shape index (κ3) is 3.71. The Kier molecular flexibility index (Phi) is 5.67. The summed E-state index contributed by atoms with van der Waals surface area (Å²) in [6, 6.07) is 8.91. The van der Waals surface area contributed by atoms with Gasteiger partial charge in [-0.15, -0.1) is 11.3 Å². The maximum atomic E-state index is 13.5. The SMILES string of the molecule is COC(=O)c1ccc(C2C(C(=O)c3sc(C)nc3C)=C(O)C(=O)N2Cc2ccco2)cc1. The summed E-state index contributed by atoms with van der Waals surface area (Å²) in [7, 11) is 1.29. The van der Waals surface area contributed by atoms with Crippen molar-refractivity contribution in [3.63, 3.8) is 0 Å². The number of hydrogen-bond acceptors (Lipinski definition) is 8. The second-order valence-electron chi connectivity index (χ2n) is 7.27. The molecular formula is C23H20N2O6S. The Morgan fingerprint density at radius 1 is 1.22 bits per heavy atom. The number of hydrogen-bond donors (Lipinski definition) is 1. The van der Waals surface area contributed by atoms with Crippen molar-refractivity contribution in [2.75, 3.05) is 7.11 Å². The van der Waals surface area contributed by atoms with Crippen LogP contribution in [0.5, 0.6) is 0 Å². The largest absolute Gasteiger partial charge is 0.503 e. The molecule has 3 aromatic rings. The number of carbonyl (C=O) groups excluding carboxylic acids is 3. The molecule has 0 bridgehead atoms. The molecule has 1 unspecified atom stereocenters. The van der Waals surface area contributed by atoms with Crippen molar-refractivity contribution in [3.8, 4) is 0 Å². The predicted octanol–water partition coefficient (Wildman–Crippen LogP) is 3.92. The number of esters is 1. The minimum atomic E-state index is -0.867. The Morgan fingerprint density at radius 2 is 1.94 bits per heavy atom. The van der Waals surface area contributed by atoms with Crippen molar-refractivity contribution in [2.45, 2.75) is 26.4 Å². The molecule has 0 fully saturated rings. The number of Topliss-reactive ketones (excluding diaryl/α,β-unsaturated/α-hetero) is 1. The number of ether oxygens (including phenoxy) is 1. The number of thiazole rings is 1. The lowest BCUT2D eigenvalue weighted by atomic mass is 9.94. The van der Waals surface area contributed by atoms with Crippen molar-refractivity contribution in [1.29, 1.82) is 0 Å². The second-order valence-corrected chi connectivity index (χ2v) is 8.47. The van der Waals surface area contributed by atoms with Crippen LogP contribution in [-0.2, 0) is 16.1 Å². The van der Waals surface area contributed by atoms with E-state index in [1.54, 1.807) is 50.2 Å². The number of aromatic nitrogens is 1. The molecule has 1 aliphatic heterocycles. The number of aliphatic hydroxyl groups excluding tert-OH is 1. The van der Waals surface area contributed by atoms with Crippen LogP contribution < -0.4 is 0 Å². The number of ketones is 1. The molecule has 32 heavy (non-hydrogen) atoms. The van der Waals surface area contributed by atoms with Gasteiger partial charge in [0, 0.05) is 0 Å². The highest BCUT2D eigenvalue weighted by Crippen LogP contribution is 2.41. The number of benzene rings is 1. The molecule has 1 aromatic carbocycles. The molecule has 3 heterocycles. The first-order valence-electron chi connectivity index (χ1n) is 9.75. The molecule has 4 rings (SSSR count). The van der Waals surface area contributed by atoms with Gasteiger partial charge in [0.05, 0.1) is 52.7 Å². The van der Waals surface area contributed by atoms with Gasteiger partial charge >= 0.3 is 5.97 Å². The fourth-order valence-corrected chi connectivity index (χ4v) is 4.62. The van der Waals surface area contributed by atoms with E-state index in [0.29, 0.717) is 32.5 Å². The topological polar surface area (TPSA) is 110 Å². The lowest BCUT2D eigenvalue weighted by Gasteiger charge is -2.26. The van der Waals surface area contributed by atoms with Gasteiger partial charge in [0.15, 0.2) is 5.76 Å². The number of amides is 1. The van der Waals surface area contributed by atoms with Crippen molar-refractivity contribution >= 4 is 29.0 Å². The highest BCUT2D eigenvalue weighted by Gasteiger charge is 2.44. The lowest BCUT2D eigenvalue weighted by molar-refractivity contribution is -0.130. The summed E-state index contributed by atoms with van der Waals surface area (Å²) in [5.74, 6) is -1.74. The highest BCUT2D eigenvalue weighted by atomic mass is 32.1. The van der Waals surface area contributed by atoms with E-state index in [-0.39, 0.29) is 12.1 Å². The van der Waals surface area contributed by atoms with Gasteiger partial charge in [0.25, 0.3) is 5.91 Å².